The van der Waals surface area contributed by atoms with Crippen LogP contribution in [0.5, 0.6) is 5.75 Å². The van der Waals surface area contributed by atoms with Crippen molar-refractivity contribution in [2.24, 2.45) is 0 Å². The van der Waals surface area contributed by atoms with Crippen molar-refractivity contribution in [1.82, 2.24) is 25.2 Å². The quantitative estimate of drug-likeness (QED) is 0.402. The summed E-state index contributed by atoms with van der Waals surface area (Å²) in [5.74, 6) is -0.186. The van der Waals surface area contributed by atoms with Crippen LogP contribution in [0.25, 0.3) is 27.5 Å². The van der Waals surface area contributed by atoms with Gasteiger partial charge in [0.25, 0.3) is 5.91 Å². The number of phenolic OH excluding ortho intramolecular Hbond substituents is 1. The van der Waals surface area contributed by atoms with E-state index < -0.39 is 5.91 Å². The lowest BCUT2D eigenvalue weighted by atomic mass is 10.1. The van der Waals surface area contributed by atoms with Crippen molar-refractivity contribution < 1.29 is 9.90 Å². The lowest BCUT2D eigenvalue weighted by molar-refractivity contribution is 0.0960. The van der Waals surface area contributed by atoms with Gasteiger partial charge in [0.15, 0.2) is 11.5 Å². The van der Waals surface area contributed by atoms with E-state index in [2.05, 4.69) is 25.9 Å². The number of carbonyl (C=O) groups is 1. The van der Waals surface area contributed by atoms with E-state index in [0.717, 1.165) is 16.5 Å². The van der Waals surface area contributed by atoms with Crippen molar-refractivity contribution in [3.63, 3.8) is 0 Å². The van der Waals surface area contributed by atoms with Crippen LogP contribution in [0.1, 0.15) is 10.4 Å². The fourth-order valence-electron chi connectivity index (χ4n) is 3.30. The van der Waals surface area contributed by atoms with Gasteiger partial charge in [-0.1, -0.05) is 42.5 Å². The third-order valence-corrected chi connectivity index (χ3v) is 4.77. The van der Waals surface area contributed by atoms with E-state index in [0.29, 0.717) is 16.9 Å². The minimum absolute atomic E-state index is 0.0993. The fourth-order valence-corrected chi connectivity index (χ4v) is 3.30. The Hall–Kier alpha value is -4.46. The number of rotatable bonds is 4. The van der Waals surface area contributed by atoms with Gasteiger partial charge in [-0.15, -0.1) is 0 Å². The maximum absolute atomic E-state index is 12.6. The van der Waals surface area contributed by atoms with Gasteiger partial charge in [0.1, 0.15) is 12.1 Å². The highest BCUT2D eigenvalue weighted by molar-refractivity contribution is 6.02. The average molecular weight is 396 g/mol. The first-order valence-electron chi connectivity index (χ1n) is 9.23. The molecule has 0 aliphatic rings. The van der Waals surface area contributed by atoms with Crippen LogP contribution in [-0.2, 0) is 0 Å². The number of aromatic nitrogens is 4. The Balaban J connectivity index is 1.42. The van der Waals surface area contributed by atoms with E-state index in [-0.39, 0.29) is 11.3 Å². The number of fused-ring (bicyclic) bond motifs is 2. The number of hydrazine groups is 1. The van der Waals surface area contributed by atoms with Gasteiger partial charge in [-0.3, -0.25) is 15.6 Å². The van der Waals surface area contributed by atoms with E-state index in [1.165, 1.54) is 6.33 Å². The van der Waals surface area contributed by atoms with Crippen LogP contribution in [0, 0.1) is 0 Å². The predicted molar refractivity (Wildman–Crippen MR) is 113 cm³/mol. The molecule has 8 heteroatoms. The molecule has 5 aromatic rings. The second kappa shape index (κ2) is 7.17. The molecule has 8 nitrogen and oxygen atoms in total. The van der Waals surface area contributed by atoms with Gasteiger partial charge in [-0.2, -0.15) is 5.10 Å². The minimum atomic E-state index is -0.486. The van der Waals surface area contributed by atoms with Crippen molar-refractivity contribution in [2.75, 3.05) is 5.43 Å². The number of hydrogen-bond acceptors (Lipinski definition) is 6. The standard InChI is InChI=1S/C22H16N6O2/c29-19-11-15-7-5-4-6-14(15)10-17(19)22(30)27-26-20-18-12-25-28(21(18)24-13-23-20)16-8-2-1-3-9-16/h1-13,29H,(H,27,30)(H,23,24,26). The molecule has 0 atom stereocenters. The summed E-state index contributed by atoms with van der Waals surface area (Å²) in [4.78, 5) is 21.2. The number of nitrogens with one attached hydrogen (secondary N) is 2. The van der Waals surface area contributed by atoms with Gasteiger partial charge in [0.05, 0.1) is 22.8 Å². The van der Waals surface area contributed by atoms with Gasteiger partial charge >= 0.3 is 0 Å². The molecule has 30 heavy (non-hydrogen) atoms. The summed E-state index contributed by atoms with van der Waals surface area (Å²) in [6.07, 6.45) is 3.02. The summed E-state index contributed by atoms with van der Waals surface area (Å²) in [7, 11) is 0. The van der Waals surface area contributed by atoms with Crippen molar-refractivity contribution in [3.8, 4) is 11.4 Å². The van der Waals surface area contributed by atoms with Crippen LogP contribution in [-0.4, -0.2) is 30.8 Å². The molecule has 146 valence electrons. The minimum Gasteiger partial charge on any atom is -0.507 e. The smallest absolute Gasteiger partial charge is 0.273 e. The highest BCUT2D eigenvalue weighted by atomic mass is 16.3. The van der Waals surface area contributed by atoms with Crippen LogP contribution < -0.4 is 10.9 Å². The van der Waals surface area contributed by atoms with E-state index in [9.17, 15) is 9.90 Å². The molecule has 0 fully saturated rings. The van der Waals surface area contributed by atoms with E-state index in [4.69, 9.17) is 0 Å². The van der Waals surface area contributed by atoms with Gasteiger partial charge in [0.2, 0.25) is 0 Å². The van der Waals surface area contributed by atoms with E-state index >= 15 is 0 Å². The lowest BCUT2D eigenvalue weighted by Gasteiger charge is -2.10. The summed E-state index contributed by atoms with van der Waals surface area (Å²) < 4.78 is 1.69. The van der Waals surface area contributed by atoms with E-state index in [1.54, 1.807) is 23.0 Å². The van der Waals surface area contributed by atoms with Crippen molar-refractivity contribution in [2.45, 2.75) is 0 Å². The summed E-state index contributed by atoms with van der Waals surface area (Å²) in [6.45, 7) is 0. The molecule has 0 saturated carbocycles. The Morgan fingerprint density at radius 1 is 0.933 bits per heavy atom. The summed E-state index contributed by atoms with van der Waals surface area (Å²) in [5, 5.41) is 17.0. The number of carbonyl (C=O) groups excluding carboxylic acids is 1. The molecule has 0 aliphatic carbocycles. The van der Waals surface area contributed by atoms with Gasteiger partial charge < -0.3 is 5.11 Å². The Kier molecular flexibility index (Phi) is 4.21. The topological polar surface area (TPSA) is 105 Å². The Morgan fingerprint density at radius 2 is 1.67 bits per heavy atom. The highest BCUT2D eigenvalue weighted by Crippen LogP contribution is 2.25. The zero-order valence-corrected chi connectivity index (χ0v) is 15.6. The molecule has 0 spiro atoms. The van der Waals surface area contributed by atoms with Crippen molar-refractivity contribution >= 4 is 33.5 Å². The maximum Gasteiger partial charge on any atom is 0.273 e. The zero-order valence-electron chi connectivity index (χ0n) is 15.6. The molecule has 0 radical (unpaired) electrons. The highest BCUT2D eigenvalue weighted by Gasteiger charge is 2.15. The van der Waals surface area contributed by atoms with E-state index in [1.807, 2.05) is 54.6 Å². The molecule has 5 rings (SSSR count). The van der Waals surface area contributed by atoms with Crippen LogP contribution >= 0.6 is 0 Å². The number of benzene rings is 3. The second-order valence-corrected chi connectivity index (χ2v) is 6.65. The van der Waals surface area contributed by atoms with Crippen molar-refractivity contribution in [3.05, 3.63) is 84.8 Å². The van der Waals surface area contributed by atoms with Crippen LogP contribution in [0.4, 0.5) is 5.82 Å². The monoisotopic (exact) mass is 396 g/mol. The van der Waals surface area contributed by atoms with Crippen LogP contribution in [0.3, 0.4) is 0 Å². The molecule has 0 bridgehead atoms. The molecule has 1 amide bonds. The first kappa shape index (κ1) is 17.6. The molecule has 0 saturated heterocycles. The predicted octanol–water partition coefficient (Wildman–Crippen LogP) is 3.43. The van der Waals surface area contributed by atoms with Crippen molar-refractivity contribution in [1.29, 1.82) is 0 Å². The largest absolute Gasteiger partial charge is 0.507 e. The molecule has 0 unspecified atom stereocenters. The fraction of sp³-hybridized carbons (Fsp3) is 0. The number of aromatic hydroxyl groups is 1. The SMILES string of the molecule is O=C(NNc1ncnc2c1cnn2-c1ccccc1)c1cc2ccccc2cc1O. The third-order valence-electron chi connectivity index (χ3n) is 4.77. The normalized spacial score (nSPS) is 10.9. The first-order chi connectivity index (χ1) is 14.7. The number of amides is 1. The number of anilines is 1. The zero-order chi connectivity index (χ0) is 20.5. The lowest BCUT2D eigenvalue weighted by Crippen LogP contribution is -2.30. The summed E-state index contributed by atoms with van der Waals surface area (Å²) in [5.41, 5.74) is 7.02. The summed E-state index contributed by atoms with van der Waals surface area (Å²) in [6, 6.07) is 20.3. The molecule has 3 aromatic carbocycles. The molecular weight excluding hydrogens is 380 g/mol. The molecule has 0 aliphatic heterocycles. The Labute approximate surface area is 170 Å². The van der Waals surface area contributed by atoms with Crippen LogP contribution in [0.2, 0.25) is 0 Å². The molecule has 2 aromatic heterocycles. The summed E-state index contributed by atoms with van der Waals surface area (Å²) >= 11 is 0. The number of hydrogen-bond donors (Lipinski definition) is 3. The first-order valence-corrected chi connectivity index (χ1v) is 9.23. The Morgan fingerprint density at radius 3 is 2.47 bits per heavy atom. The van der Waals surface area contributed by atoms with Gasteiger partial charge in [0, 0.05) is 0 Å². The number of nitrogens with zero attached hydrogens (tertiary/aromatic N) is 4. The van der Waals surface area contributed by atoms with Gasteiger partial charge in [-0.25, -0.2) is 14.6 Å². The number of para-hydroxylation sites is 1. The average Bonchev–Trinajstić information content (AvgIpc) is 3.22. The molecule has 3 N–H and O–H groups in total. The second-order valence-electron chi connectivity index (χ2n) is 6.65. The van der Waals surface area contributed by atoms with Gasteiger partial charge in [-0.05, 0) is 35.0 Å². The molecular formula is C22H16N6O2. The maximum atomic E-state index is 12.6. The Bertz CT molecular complexity index is 1380. The molecule has 2 heterocycles. The number of phenols is 1. The third kappa shape index (κ3) is 3.06. The van der Waals surface area contributed by atoms with Crippen LogP contribution in [0.15, 0.2) is 79.3 Å².